The summed E-state index contributed by atoms with van der Waals surface area (Å²) in [5.41, 5.74) is 2.20. The summed E-state index contributed by atoms with van der Waals surface area (Å²) < 4.78 is 0. The maximum absolute atomic E-state index is 10.0. The third-order valence-electron chi connectivity index (χ3n) is 3.14. The molecule has 0 aliphatic carbocycles. The molecule has 0 spiro atoms. The van der Waals surface area contributed by atoms with Gasteiger partial charge < -0.3 is 10.0 Å². The molecule has 1 aromatic carbocycles. The third kappa shape index (κ3) is 4.04. The fraction of sp³-hybridized carbons (Fsp3) is 0.600. The second kappa shape index (κ2) is 6.65. The van der Waals surface area contributed by atoms with Crippen molar-refractivity contribution in [2.75, 3.05) is 18.5 Å². The van der Waals surface area contributed by atoms with Crippen LogP contribution in [0.1, 0.15) is 45.3 Å². The Bertz CT molecular complexity index is 335. The molecule has 0 radical (unpaired) electrons. The third-order valence-corrected chi connectivity index (χ3v) is 3.14. The maximum atomic E-state index is 10.0. The molecule has 0 saturated heterocycles. The van der Waals surface area contributed by atoms with Crippen molar-refractivity contribution in [2.45, 2.75) is 39.7 Å². The number of para-hydroxylation sites is 1. The molecule has 2 nitrogen and oxygen atoms in total. The zero-order valence-electron chi connectivity index (χ0n) is 11.5. The van der Waals surface area contributed by atoms with Gasteiger partial charge in [-0.25, -0.2) is 0 Å². The minimum absolute atomic E-state index is 0.354. The summed E-state index contributed by atoms with van der Waals surface area (Å²) in [6.07, 6.45) is 1.58. The van der Waals surface area contributed by atoms with E-state index in [0.29, 0.717) is 5.92 Å². The first kappa shape index (κ1) is 14.0. The van der Waals surface area contributed by atoms with Gasteiger partial charge in [-0.3, -0.25) is 0 Å². The zero-order chi connectivity index (χ0) is 12.8. The van der Waals surface area contributed by atoms with E-state index in [1.54, 1.807) is 0 Å². The number of aliphatic hydroxyl groups is 1. The monoisotopic (exact) mass is 235 g/mol. The van der Waals surface area contributed by atoms with Gasteiger partial charge in [0.2, 0.25) is 0 Å². The predicted octanol–water partition coefficient (Wildman–Crippen LogP) is 3.61. The van der Waals surface area contributed by atoms with Crippen molar-refractivity contribution in [3.05, 3.63) is 29.8 Å². The molecule has 0 aliphatic heterocycles. The highest BCUT2D eigenvalue weighted by molar-refractivity contribution is 5.54. The van der Waals surface area contributed by atoms with Crippen LogP contribution in [-0.2, 0) is 0 Å². The fourth-order valence-electron chi connectivity index (χ4n) is 1.91. The number of hydrogen-bond acceptors (Lipinski definition) is 2. The Kier molecular flexibility index (Phi) is 5.49. The van der Waals surface area contributed by atoms with Crippen LogP contribution in [0.3, 0.4) is 0 Å². The molecule has 1 rings (SSSR count). The van der Waals surface area contributed by atoms with Gasteiger partial charge in [0.1, 0.15) is 0 Å². The van der Waals surface area contributed by atoms with Crippen LogP contribution in [0.2, 0.25) is 0 Å². The maximum Gasteiger partial charge on any atom is 0.0807 e. The summed E-state index contributed by atoms with van der Waals surface area (Å²) in [7, 11) is 2.10. The second-order valence-corrected chi connectivity index (χ2v) is 5.09. The van der Waals surface area contributed by atoms with E-state index in [1.807, 2.05) is 25.1 Å². The van der Waals surface area contributed by atoms with E-state index in [0.717, 1.165) is 24.2 Å². The average molecular weight is 235 g/mol. The van der Waals surface area contributed by atoms with E-state index in [4.69, 9.17) is 0 Å². The first-order chi connectivity index (χ1) is 8.06. The lowest BCUT2D eigenvalue weighted by atomic mass is 10.0. The van der Waals surface area contributed by atoms with Crippen molar-refractivity contribution in [3.8, 4) is 0 Å². The molecule has 0 bridgehead atoms. The van der Waals surface area contributed by atoms with Gasteiger partial charge >= 0.3 is 0 Å². The Hall–Kier alpha value is -1.02. The van der Waals surface area contributed by atoms with Crippen molar-refractivity contribution in [1.29, 1.82) is 0 Å². The second-order valence-electron chi connectivity index (χ2n) is 5.09. The van der Waals surface area contributed by atoms with E-state index in [-0.39, 0.29) is 6.10 Å². The predicted molar refractivity (Wildman–Crippen MR) is 74.4 cm³/mol. The van der Waals surface area contributed by atoms with Crippen LogP contribution in [-0.4, -0.2) is 18.7 Å². The summed E-state index contributed by atoms with van der Waals surface area (Å²) in [6.45, 7) is 7.52. The number of anilines is 1. The minimum Gasteiger partial charge on any atom is -0.388 e. The molecule has 1 N–H and O–H groups in total. The Morgan fingerprint density at radius 3 is 2.47 bits per heavy atom. The average Bonchev–Trinajstić information content (AvgIpc) is 2.34. The first-order valence-corrected chi connectivity index (χ1v) is 6.54. The van der Waals surface area contributed by atoms with Gasteiger partial charge in [0.05, 0.1) is 6.10 Å². The Morgan fingerprint density at radius 1 is 1.24 bits per heavy atom. The molecule has 0 saturated carbocycles. The molecule has 1 aromatic rings. The lowest BCUT2D eigenvalue weighted by Crippen LogP contribution is -2.21. The normalized spacial score (nSPS) is 12.8. The summed E-state index contributed by atoms with van der Waals surface area (Å²) >= 11 is 0. The van der Waals surface area contributed by atoms with Crippen LogP contribution in [0, 0.1) is 5.92 Å². The molecule has 17 heavy (non-hydrogen) atoms. The smallest absolute Gasteiger partial charge is 0.0807 e. The van der Waals surface area contributed by atoms with Gasteiger partial charge in [0, 0.05) is 24.8 Å². The Balaban J connectivity index is 2.81. The van der Waals surface area contributed by atoms with Crippen LogP contribution >= 0.6 is 0 Å². The largest absolute Gasteiger partial charge is 0.388 e. The molecule has 96 valence electrons. The molecule has 0 aromatic heterocycles. The molecule has 0 fully saturated rings. The van der Waals surface area contributed by atoms with Crippen LogP contribution in [0.4, 0.5) is 5.69 Å². The molecule has 0 amide bonds. The SMILES string of the molecule is CC[C@@H](O)c1ccccc1N(C)CCC(C)C. The molecule has 0 unspecified atom stereocenters. The number of aliphatic hydroxyl groups excluding tert-OH is 1. The van der Waals surface area contributed by atoms with Gasteiger partial charge in [-0.05, 0) is 24.8 Å². The highest BCUT2D eigenvalue weighted by Gasteiger charge is 2.12. The van der Waals surface area contributed by atoms with Gasteiger partial charge in [0.15, 0.2) is 0 Å². The Morgan fingerprint density at radius 2 is 1.88 bits per heavy atom. The van der Waals surface area contributed by atoms with Crippen LogP contribution < -0.4 is 4.90 Å². The number of benzene rings is 1. The van der Waals surface area contributed by atoms with Crippen molar-refractivity contribution >= 4 is 5.69 Å². The van der Waals surface area contributed by atoms with Crippen molar-refractivity contribution < 1.29 is 5.11 Å². The molecule has 1 atom stereocenters. The van der Waals surface area contributed by atoms with E-state index >= 15 is 0 Å². The fourth-order valence-corrected chi connectivity index (χ4v) is 1.91. The summed E-state index contributed by atoms with van der Waals surface area (Å²) in [4.78, 5) is 2.24. The summed E-state index contributed by atoms with van der Waals surface area (Å²) in [5, 5.41) is 10.0. The topological polar surface area (TPSA) is 23.5 Å². The molecule has 0 heterocycles. The minimum atomic E-state index is -0.354. The number of rotatable bonds is 6. The van der Waals surface area contributed by atoms with E-state index < -0.39 is 0 Å². The summed E-state index contributed by atoms with van der Waals surface area (Å²) in [5.74, 6) is 0.709. The van der Waals surface area contributed by atoms with E-state index in [2.05, 4.69) is 31.9 Å². The van der Waals surface area contributed by atoms with Crippen molar-refractivity contribution in [2.24, 2.45) is 5.92 Å². The highest BCUT2D eigenvalue weighted by atomic mass is 16.3. The van der Waals surface area contributed by atoms with Gasteiger partial charge in [0.25, 0.3) is 0 Å². The first-order valence-electron chi connectivity index (χ1n) is 6.54. The molecule has 2 heteroatoms. The van der Waals surface area contributed by atoms with E-state index in [1.165, 1.54) is 6.42 Å². The summed E-state index contributed by atoms with van der Waals surface area (Å²) in [6, 6.07) is 8.14. The molecule has 0 aliphatic rings. The molecular weight excluding hydrogens is 210 g/mol. The molecular formula is C15H25NO. The number of hydrogen-bond donors (Lipinski definition) is 1. The standard InChI is InChI=1S/C15H25NO/c1-5-15(17)13-8-6-7-9-14(13)16(4)11-10-12(2)3/h6-9,12,15,17H,5,10-11H2,1-4H3/t15-/m1/s1. The van der Waals surface area contributed by atoms with Crippen LogP contribution in [0.15, 0.2) is 24.3 Å². The van der Waals surface area contributed by atoms with Crippen molar-refractivity contribution in [1.82, 2.24) is 0 Å². The van der Waals surface area contributed by atoms with Gasteiger partial charge in [-0.2, -0.15) is 0 Å². The number of nitrogens with zero attached hydrogens (tertiary/aromatic N) is 1. The highest BCUT2D eigenvalue weighted by Crippen LogP contribution is 2.27. The van der Waals surface area contributed by atoms with E-state index in [9.17, 15) is 5.11 Å². The van der Waals surface area contributed by atoms with Crippen LogP contribution in [0.25, 0.3) is 0 Å². The van der Waals surface area contributed by atoms with Crippen molar-refractivity contribution in [3.63, 3.8) is 0 Å². The lowest BCUT2D eigenvalue weighted by Gasteiger charge is -2.25. The lowest BCUT2D eigenvalue weighted by molar-refractivity contribution is 0.174. The zero-order valence-corrected chi connectivity index (χ0v) is 11.5. The quantitative estimate of drug-likeness (QED) is 0.814. The van der Waals surface area contributed by atoms with Crippen LogP contribution in [0.5, 0.6) is 0 Å². The Labute approximate surface area is 105 Å². The van der Waals surface area contributed by atoms with Gasteiger partial charge in [-0.1, -0.05) is 39.0 Å². The van der Waals surface area contributed by atoms with Gasteiger partial charge in [-0.15, -0.1) is 0 Å².